The van der Waals surface area contributed by atoms with Crippen LogP contribution in [0.3, 0.4) is 0 Å². The molecule has 6 nitrogen and oxygen atoms in total. The molecule has 0 spiro atoms. The highest BCUT2D eigenvalue weighted by Gasteiger charge is 2.41. The standard InChI is InChI=1S/C24H20N2O4S/c1-29-17-14-12-16(13-15-17)25-21-22(31-18-8-4-3-5-9-18)24(28)26(23(21)27)19-10-6-7-11-20(19)30-2/h3-15,25H,1-2H3. The number of ether oxygens (including phenoxy) is 2. The number of carbonyl (C=O) groups excluding carboxylic acids is 2. The van der Waals surface area contributed by atoms with E-state index >= 15 is 0 Å². The van der Waals surface area contributed by atoms with Gasteiger partial charge in [-0.15, -0.1) is 0 Å². The number of para-hydroxylation sites is 2. The Morgan fingerprint density at radius 2 is 1.45 bits per heavy atom. The van der Waals surface area contributed by atoms with E-state index in [-0.39, 0.29) is 5.70 Å². The molecule has 0 fully saturated rings. The van der Waals surface area contributed by atoms with E-state index in [2.05, 4.69) is 5.32 Å². The molecule has 0 saturated heterocycles. The van der Waals surface area contributed by atoms with Crippen LogP contribution in [0.5, 0.6) is 11.5 Å². The van der Waals surface area contributed by atoms with Crippen LogP contribution >= 0.6 is 11.8 Å². The number of carbonyl (C=O) groups is 2. The van der Waals surface area contributed by atoms with E-state index < -0.39 is 11.8 Å². The van der Waals surface area contributed by atoms with E-state index in [0.717, 1.165) is 9.80 Å². The van der Waals surface area contributed by atoms with Crippen LogP contribution in [0.4, 0.5) is 11.4 Å². The van der Waals surface area contributed by atoms with Crippen molar-refractivity contribution in [2.75, 3.05) is 24.4 Å². The molecule has 31 heavy (non-hydrogen) atoms. The molecule has 0 saturated carbocycles. The Morgan fingerprint density at radius 3 is 2.13 bits per heavy atom. The van der Waals surface area contributed by atoms with Crippen molar-refractivity contribution in [1.29, 1.82) is 0 Å². The number of imide groups is 1. The predicted octanol–water partition coefficient (Wildman–Crippen LogP) is 4.69. The van der Waals surface area contributed by atoms with Crippen molar-refractivity contribution in [2.45, 2.75) is 4.90 Å². The molecule has 2 amide bonds. The number of nitrogens with zero attached hydrogens (tertiary/aromatic N) is 1. The summed E-state index contributed by atoms with van der Waals surface area (Å²) in [6, 6.07) is 23.6. The number of thioether (sulfide) groups is 1. The fourth-order valence-corrected chi connectivity index (χ4v) is 4.12. The van der Waals surface area contributed by atoms with E-state index in [1.807, 2.05) is 30.3 Å². The molecule has 156 valence electrons. The molecule has 3 aromatic rings. The first-order valence-corrected chi connectivity index (χ1v) is 10.3. The monoisotopic (exact) mass is 432 g/mol. The van der Waals surface area contributed by atoms with Gasteiger partial charge in [-0.1, -0.05) is 42.1 Å². The number of hydrogen-bond acceptors (Lipinski definition) is 6. The molecule has 0 aromatic heterocycles. The first-order chi connectivity index (χ1) is 15.1. The molecule has 1 aliphatic heterocycles. The Kier molecular flexibility index (Phi) is 5.95. The largest absolute Gasteiger partial charge is 0.497 e. The third kappa shape index (κ3) is 4.13. The summed E-state index contributed by atoms with van der Waals surface area (Å²) >= 11 is 1.25. The van der Waals surface area contributed by atoms with E-state index in [4.69, 9.17) is 9.47 Å². The van der Waals surface area contributed by atoms with Gasteiger partial charge in [0.15, 0.2) is 0 Å². The number of rotatable bonds is 7. The molecule has 0 atom stereocenters. The second-order valence-electron chi connectivity index (χ2n) is 6.59. The summed E-state index contributed by atoms with van der Waals surface area (Å²) < 4.78 is 10.6. The fourth-order valence-electron chi connectivity index (χ4n) is 3.17. The second-order valence-corrected chi connectivity index (χ2v) is 7.67. The van der Waals surface area contributed by atoms with Gasteiger partial charge in [0, 0.05) is 10.6 Å². The van der Waals surface area contributed by atoms with Crippen LogP contribution < -0.4 is 19.7 Å². The summed E-state index contributed by atoms with van der Waals surface area (Å²) in [7, 11) is 3.09. The average Bonchev–Trinajstić information content (AvgIpc) is 3.04. The van der Waals surface area contributed by atoms with Crippen LogP contribution in [0.2, 0.25) is 0 Å². The van der Waals surface area contributed by atoms with Crippen LogP contribution in [0.1, 0.15) is 0 Å². The first-order valence-electron chi connectivity index (χ1n) is 9.52. The zero-order valence-electron chi connectivity index (χ0n) is 17.0. The SMILES string of the molecule is COc1ccc(NC2=C(Sc3ccccc3)C(=O)N(c3ccccc3OC)C2=O)cc1. The molecule has 0 radical (unpaired) electrons. The molecule has 1 N–H and O–H groups in total. The maximum atomic E-state index is 13.4. The summed E-state index contributed by atoms with van der Waals surface area (Å²) in [4.78, 5) is 29.1. The maximum Gasteiger partial charge on any atom is 0.283 e. The van der Waals surface area contributed by atoms with Crippen LogP contribution in [-0.2, 0) is 9.59 Å². The van der Waals surface area contributed by atoms with E-state index in [9.17, 15) is 9.59 Å². The Bertz CT molecular complexity index is 1140. The summed E-state index contributed by atoms with van der Waals surface area (Å²) in [5, 5.41) is 3.13. The van der Waals surface area contributed by atoms with Gasteiger partial charge in [0.25, 0.3) is 11.8 Å². The lowest BCUT2D eigenvalue weighted by Crippen LogP contribution is -2.32. The van der Waals surface area contributed by atoms with E-state index in [1.54, 1.807) is 55.6 Å². The van der Waals surface area contributed by atoms with Crippen LogP contribution in [0, 0.1) is 0 Å². The number of methoxy groups -OCH3 is 2. The Hall–Kier alpha value is -3.71. The van der Waals surface area contributed by atoms with E-state index in [1.165, 1.54) is 18.9 Å². The topological polar surface area (TPSA) is 67.9 Å². The van der Waals surface area contributed by atoms with Crippen LogP contribution in [-0.4, -0.2) is 26.0 Å². The quantitative estimate of drug-likeness (QED) is 0.546. The summed E-state index contributed by atoms with van der Waals surface area (Å²) in [6.45, 7) is 0. The minimum Gasteiger partial charge on any atom is -0.497 e. The Balaban J connectivity index is 1.74. The van der Waals surface area contributed by atoms with Crippen molar-refractivity contribution in [2.24, 2.45) is 0 Å². The zero-order valence-corrected chi connectivity index (χ0v) is 17.8. The number of nitrogens with one attached hydrogen (secondary N) is 1. The Labute approximate surface area is 184 Å². The third-order valence-corrected chi connectivity index (χ3v) is 5.78. The van der Waals surface area contributed by atoms with Crippen LogP contribution in [0.25, 0.3) is 0 Å². The summed E-state index contributed by atoms with van der Waals surface area (Å²) in [5.74, 6) is 0.296. The smallest absolute Gasteiger partial charge is 0.283 e. The van der Waals surface area contributed by atoms with Gasteiger partial charge in [-0.25, -0.2) is 4.90 Å². The van der Waals surface area contributed by atoms with Crippen molar-refractivity contribution in [3.63, 3.8) is 0 Å². The highest BCUT2D eigenvalue weighted by atomic mass is 32.2. The van der Waals surface area contributed by atoms with Crippen molar-refractivity contribution < 1.29 is 19.1 Å². The molecule has 3 aromatic carbocycles. The predicted molar refractivity (Wildman–Crippen MR) is 121 cm³/mol. The lowest BCUT2D eigenvalue weighted by molar-refractivity contribution is -0.120. The van der Waals surface area contributed by atoms with Crippen LogP contribution in [0.15, 0.2) is 94.4 Å². The highest BCUT2D eigenvalue weighted by molar-refractivity contribution is 8.04. The zero-order chi connectivity index (χ0) is 21.8. The molecule has 0 unspecified atom stereocenters. The minimum absolute atomic E-state index is 0.218. The van der Waals surface area contributed by atoms with Crippen molar-refractivity contribution in [3.05, 3.63) is 89.5 Å². The first kappa shape index (κ1) is 20.6. The number of amides is 2. The lowest BCUT2D eigenvalue weighted by atomic mass is 10.2. The molecular weight excluding hydrogens is 412 g/mol. The average molecular weight is 433 g/mol. The van der Waals surface area contributed by atoms with Gasteiger partial charge in [-0.2, -0.15) is 0 Å². The molecule has 1 aliphatic rings. The second kappa shape index (κ2) is 8.97. The van der Waals surface area contributed by atoms with Gasteiger partial charge in [0.2, 0.25) is 0 Å². The Morgan fingerprint density at radius 1 is 0.774 bits per heavy atom. The summed E-state index contributed by atoms with van der Waals surface area (Å²) in [5.41, 5.74) is 1.29. The van der Waals surface area contributed by atoms with Crippen molar-refractivity contribution >= 4 is 35.0 Å². The van der Waals surface area contributed by atoms with Crippen molar-refractivity contribution in [1.82, 2.24) is 0 Å². The number of benzene rings is 3. The van der Waals surface area contributed by atoms with Gasteiger partial charge < -0.3 is 14.8 Å². The van der Waals surface area contributed by atoms with Gasteiger partial charge in [-0.05, 0) is 48.5 Å². The molecule has 4 rings (SSSR count). The number of hydrogen-bond donors (Lipinski definition) is 1. The van der Waals surface area contributed by atoms with Gasteiger partial charge in [-0.3, -0.25) is 9.59 Å². The normalized spacial score (nSPS) is 13.5. The third-order valence-electron chi connectivity index (χ3n) is 4.69. The highest BCUT2D eigenvalue weighted by Crippen LogP contribution is 2.40. The van der Waals surface area contributed by atoms with E-state index in [0.29, 0.717) is 27.8 Å². The molecule has 1 heterocycles. The number of anilines is 2. The fraction of sp³-hybridized carbons (Fsp3) is 0.0833. The van der Waals surface area contributed by atoms with Crippen molar-refractivity contribution in [3.8, 4) is 11.5 Å². The van der Waals surface area contributed by atoms with Gasteiger partial charge >= 0.3 is 0 Å². The summed E-state index contributed by atoms with van der Waals surface area (Å²) in [6.07, 6.45) is 0. The maximum absolute atomic E-state index is 13.4. The molecular formula is C24H20N2O4S. The molecule has 0 aliphatic carbocycles. The molecule has 7 heteroatoms. The molecule has 0 bridgehead atoms. The lowest BCUT2D eigenvalue weighted by Gasteiger charge is -2.18. The van der Waals surface area contributed by atoms with Gasteiger partial charge in [0.05, 0.1) is 19.9 Å². The van der Waals surface area contributed by atoms with Gasteiger partial charge in [0.1, 0.15) is 22.1 Å². The minimum atomic E-state index is -0.441.